The zero-order valence-corrected chi connectivity index (χ0v) is 44.6. The third kappa shape index (κ3) is 66.6. The van der Waals surface area contributed by atoms with Crippen LogP contribution in [0, 0.1) is 5.92 Å². The lowest BCUT2D eigenvalue weighted by atomic mass is 10.2. The molecule has 0 heterocycles. The smallest absolute Gasteiger partial charge is 0.308 e. The van der Waals surface area contributed by atoms with E-state index in [0.29, 0.717) is 290 Å². The summed E-state index contributed by atoms with van der Waals surface area (Å²) >= 11 is 0. The summed E-state index contributed by atoms with van der Waals surface area (Å²) in [5.41, 5.74) is 0. The summed E-state index contributed by atoms with van der Waals surface area (Å²) in [6.07, 6.45) is 0.249. The third-order valence-corrected chi connectivity index (χ3v) is 8.67. The number of hydrogen-bond acceptors (Lipinski definition) is 23. The van der Waals surface area contributed by atoms with Crippen LogP contribution < -0.4 is 0 Å². The molecule has 0 aliphatic heterocycles. The number of ether oxygens (including phenoxy) is 22. The van der Waals surface area contributed by atoms with Crippen molar-refractivity contribution in [1.82, 2.24) is 0 Å². The van der Waals surface area contributed by atoms with Gasteiger partial charge >= 0.3 is 5.97 Å². The molecule has 0 aliphatic rings. The van der Waals surface area contributed by atoms with E-state index in [1.165, 1.54) is 0 Å². The number of carbonyl (C=O) groups is 1. The molecule has 0 aromatic heterocycles. The summed E-state index contributed by atoms with van der Waals surface area (Å²) in [4.78, 5) is 11.5. The van der Waals surface area contributed by atoms with Crippen LogP contribution in [0.15, 0.2) is 0 Å². The summed E-state index contributed by atoms with van der Waals surface area (Å²) in [6, 6.07) is 0. The Morgan fingerprint density at radius 1 is 0.236 bits per heavy atom. The van der Waals surface area contributed by atoms with Crippen LogP contribution in [0.4, 0.5) is 0 Å². The van der Waals surface area contributed by atoms with Gasteiger partial charge in [-0.05, 0) is 12.8 Å². The van der Waals surface area contributed by atoms with Gasteiger partial charge in [-0.1, -0.05) is 13.8 Å². The quantitative estimate of drug-likeness (QED) is 0.0628. The van der Waals surface area contributed by atoms with Gasteiger partial charge in [0.05, 0.1) is 284 Å². The highest BCUT2D eigenvalue weighted by molar-refractivity contribution is 5.69. The lowest BCUT2D eigenvalue weighted by Crippen LogP contribution is -2.16. The van der Waals surface area contributed by atoms with Gasteiger partial charge in [0.1, 0.15) is 0 Å². The van der Waals surface area contributed by atoms with E-state index in [9.17, 15) is 4.79 Å². The van der Waals surface area contributed by atoms with E-state index in [-0.39, 0.29) is 12.4 Å². The number of carbonyl (C=O) groups excluding carboxylic acids is 1. The van der Waals surface area contributed by atoms with Crippen LogP contribution in [0.5, 0.6) is 0 Å². The average Bonchev–Trinajstić information content (AvgIpc) is 3.38. The maximum absolute atomic E-state index is 11.5. The van der Waals surface area contributed by atoms with Crippen molar-refractivity contribution in [1.29, 1.82) is 0 Å². The van der Waals surface area contributed by atoms with E-state index in [4.69, 9.17) is 104 Å². The van der Waals surface area contributed by atoms with E-state index in [0.717, 1.165) is 0 Å². The van der Waals surface area contributed by atoms with Gasteiger partial charge in [-0.3, -0.25) is 4.79 Å². The molecule has 0 amide bonds. The molecule has 23 heteroatoms. The van der Waals surface area contributed by atoms with Gasteiger partial charge in [0, 0.05) is 6.61 Å². The molecule has 0 saturated heterocycles. The SMILES string of the molecule is CCOCCOCCOCCOCCOCCOCCOCCOCCOCCOCCOCCOCCOCCOCCOCCOCCOCCOCCOCCOCCOCCC(=O)OCC(C)C. The van der Waals surface area contributed by atoms with Crippen LogP contribution in [0.1, 0.15) is 27.2 Å². The van der Waals surface area contributed by atoms with E-state index in [1.807, 2.05) is 20.8 Å². The fraction of sp³-hybridized carbons (Fsp3) is 0.980. The first-order valence-corrected chi connectivity index (χ1v) is 25.9. The van der Waals surface area contributed by atoms with Crippen LogP contribution in [-0.2, 0) is 109 Å². The van der Waals surface area contributed by atoms with E-state index >= 15 is 0 Å². The summed E-state index contributed by atoms with van der Waals surface area (Å²) in [6.45, 7) is 27.3. The molecule has 0 fully saturated rings. The Bertz CT molecular complexity index is 993. The molecular weight excluding hydrogens is 957 g/mol. The van der Waals surface area contributed by atoms with E-state index < -0.39 is 0 Å². The van der Waals surface area contributed by atoms with E-state index in [1.54, 1.807) is 0 Å². The predicted octanol–water partition coefficient (Wildman–Crippen LogP) is 1.94. The van der Waals surface area contributed by atoms with Crippen molar-refractivity contribution >= 4 is 5.97 Å². The van der Waals surface area contributed by atoms with Gasteiger partial charge in [-0.25, -0.2) is 0 Å². The third-order valence-electron chi connectivity index (χ3n) is 8.67. The van der Waals surface area contributed by atoms with Crippen LogP contribution in [0.3, 0.4) is 0 Å². The van der Waals surface area contributed by atoms with E-state index in [2.05, 4.69) is 0 Å². The highest BCUT2D eigenvalue weighted by Crippen LogP contribution is 1.96. The van der Waals surface area contributed by atoms with Crippen molar-refractivity contribution in [2.75, 3.05) is 284 Å². The van der Waals surface area contributed by atoms with Crippen molar-refractivity contribution in [2.45, 2.75) is 27.2 Å². The maximum Gasteiger partial charge on any atom is 0.308 e. The minimum Gasteiger partial charge on any atom is -0.465 e. The minimum absolute atomic E-state index is 0.241. The largest absolute Gasteiger partial charge is 0.465 e. The summed E-state index contributed by atoms with van der Waals surface area (Å²) in [5, 5.41) is 0. The van der Waals surface area contributed by atoms with Crippen LogP contribution in [-0.4, -0.2) is 290 Å². The normalized spacial score (nSPS) is 11.7. The fourth-order valence-electron chi connectivity index (χ4n) is 5.03. The standard InChI is InChI=1S/C49H98O23/c1-4-51-7-8-53-11-12-55-15-16-57-19-20-59-23-24-61-27-28-63-31-32-65-35-36-67-39-40-69-43-44-71-46-45-70-42-41-68-38-37-66-34-33-64-30-29-62-26-25-60-22-21-58-18-17-56-14-13-54-10-9-52-6-5-49(50)72-47-48(2)3/h48H,4-47H2,1-3H3. The molecular formula is C49H98O23. The van der Waals surface area contributed by atoms with Gasteiger partial charge in [-0.2, -0.15) is 0 Å². The molecule has 432 valence electrons. The molecule has 0 aromatic carbocycles. The zero-order valence-electron chi connectivity index (χ0n) is 44.6. The molecule has 0 saturated carbocycles. The van der Waals surface area contributed by atoms with Gasteiger partial charge in [0.25, 0.3) is 0 Å². The Balaban J connectivity index is 3.09. The van der Waals surface area contributed by atoms with Crippen molar-refractivity contribution in [3.05, 3.63) is 0 Å². The molecule has 0 rings (SSSR count). The second kappa shape index (κ2) is 65.7. The Morgan fingerprint density at radius 3 is 0.514 bits per heavy atom. The van der Waals surface area contributed by atoms with Crippen molar-refractivity contribution < 1.29 is 109 Å². The van der Waals surface area contributed by atoms with Gasteiger partial charge in [-0.15, -0.1) is 0 Å². The maximum atomic E-state index is 11.5. The fourth-order valence-corrected chi connectivity index (χ4v) is 5.03. The second-order valence-electron chi connectivity index (χ2n) is 15.3. The number of rotatable bonds is 66. The second-order valence-corrected chi connectivity index (χ2v) is 15.3. The predicted molar refractivity (Wildman–Crippen MR) is 263 cm³/mol. The molecule has 0 N–H and O–H groups in total. The van der Waals surface area contributed by atoms with Crippen LogP contribution in [0.25, 0.3) is 0 Å². The Kier molecular flexibility index (Phi) is 64.5. The Morgan fingerprint density at radius 2 is 0.375 bits per heavy atom. The Labute approximate surface area is 431 Å². The Hall–Kier alpha value is -1.37. The lowest BCUT2D eigenvalue weighted by Gasteiger charge is -2.09. The summed E-state index contributed by atoms with van der Waals surface area (Å²) < 4.78 is 120. The van der Waals surface area contributed by atoms with Crippen molar-refractivity contribution in [3.8, 4) is 0 Å². The molecule has 0 radical (unpaired) electrons. The molecule has 0 aliphatic carbocycles. The molecule has 0 spiro atoms. The van der Waals surface area contributed by atoms with Gasteiger partial charge in [0.2, 0.25) is 0 Å². The summed E-state index contributed by atoms with van der Waals surface area (Å²) in [7, 11) is 0. The first-order valence-electron chi connectivity index (χ1n) is 25.9. The average molecular weight is 1060 g/mol. The molecule has 0 atom stereocenters. The molecule has 0 bridgehead atoms. The van der Waals surface area contributed by atoms with Gasteiger partial charge < -0.3 is 104 Å². The first-order chi connectivity index (χ1) is 35.7. The van der Waals surface area contributed by atoms with Gasteiger partial charge in [0.15, 0.2) is 0 Å². The molecule has 23 nitrogen and oxygen atoms in total. The monoisotopic (exact) mass is 1050 g/mol. The molecule has 0 unspecified atom stereocenters. The van der Waals surface area contributed by atoms with Crippen molar-refractivity contribution in [2.24, 2.45) is 5.92 Å². The summed E-state index contributed by atoms with van der Waals surface area (Å²) in [5.74, 6) is 0.0860. The highest BCUT2D eigenvalue weighted by Gasteiger charge is 2.05. The van der Waals surface area contributed by atoms with Crippen molar-refractivity contribution in [3.63, 3.8) is 0 Å². The number of esters is 1. The first kappa shape index (κ1) is 70.6. The lowest BCUT2D eigenvalue weighted by molar-refractivity contribution is -0.146. The topological polar surface area (TPSA) is 220 Å². The highest BCUT2D eigenvalue weighted by atomic mass is 16.6. The minimum atomic E-state index is -0.241. The van der Waals surface area contributed by atoms with Crippen LogP contribution >= 0.6 is 0 Å². The molecule has 72 heavy (non-hydrogen) atoms. The molecule has 0 aromatic rings. The number of hydrogen-bond donors (Lipinski definition) is 0. The zero-order chi connectivity index (χ0) is 51.8. The van der Waals surface area contributed by atoms with Crippen LogP contribution in [0.2, 0.25) is 0 Å².